The van der Waals surface area contributed by atoms with Gasteiger partial charge in [-0.15, -0.1) is 0 Å². The normalized spacial score (nSPS) is 24.9. The second-order valence-electron chi connectivity index (χ2n) is 4.44. The van der Waals surface area contributed by atoms with Gasteiger partial charge in [0.15, 0.2) is 0 Å². The molecule has 0 saturated carbocycles. The minimum atomic E-state index is 0.852. The Balaban J connectivity index is 2.28. The van der Waals surface area contributed by atoms with Crippen LogP contribution < -0.4 is 5.73 Å². The number of nitrogens with zero attached hydrogens (tertiary/aromatic N) is 1. The van der Waals surface area contributed by atoms with Crippen molar-refractivity contribution < 1.29 is 0 Å². The first-order chi connectivity index (χ1) is 6.88. The van der Waals surface area contributed by atoms with Gasteiger partial charge in [0.2, 0.25) is 0 Å². The van der Waals surface area contributed by atoms with Crippen molar-refractivity contribution >= 4 is 0 Å². The molecule has 0 aromatic heterocycles. The summed E-state index contributed by atoms with van der Waals surface area (Å²) in [6, 6.07) is 0.857. The van der Waals surface area contributed by atoms with Crippen LogP contribution in [0.3, 0.4) is 0 Å². The zero-order chi connectivity index (χ0) is 10.2. The van der Waals surface area contributed by atoms with Crippen molar-refractivity contribution in [1.29, 1.82) is 0 Å². The molecular formula is C12H26N2. The fourth-order valence-corrected chi connectivity index (χ4v) is 2.45. The first kappa shape index (κ1) is 12.0. The summed E-state index contributed by atoms with van der Waals surface area (Å²) < 4.78 is 0. The second kappa shape index (κ2) is 7.24. The Hall–Kier alpha value is -0.0800. The van der Waals surface area contributed by atoms with Crippen LogP contribution in [-0.2, 0) is 0 Å². The van der Waals surface area contributed by atoms with Crippen molar-refractivity contribution in [2.75, 3.05) is 19.6 Å². The van der Waals surface area contributed by atoms with Crippen LogP contribution in [0, 0.1) is 0 Å². The molecule has 14 heavy (non-hydrogen) atoms. The highest BCUT2D eigenvalue weighted by molar-refractivity contribution is 4.74. The van der Waals surface area contributed by atoms with E-state index in [4.69, 9.17) is 5.73 Å². The molecule has 0 aliphatic carbocycles. The van der Waals surface area contributed by atoms with E-state index in [0.29, 0.717) is 0 Å². The molecule has 2 N–H and O–H groups in total. The van der Waals surface area contributed by atoms with E-state index in [1.807, 2.05) is 0 Å². The van der Waals surface area contributed by atoms with Gasteiger partial charge < -0.3 is 10.6 Å². The summed E-state index contributed by atoms with van der Waals surface area (Å²) in [5.74, 6) is 0. The van der Waals surface area contributed by atoms with Gasteiger partial charge in [-0.05, 0) is 51.7 Å². The topological polar surface area (TPSA) is 29.3 Å². The highest BCUT2D eigenvalue weighted by Crippen LogP contribution is 2.19. The molecule has 2 nitrogen and oxygen atoms in total. The summed E-state index contributed by atoms with van der Waals surface area (Å²) in [6.07, 6.45) is 9.48. The Bertz CT molecular complexity index is 136. The van der Waals surface area contributed by atoms with Crippen LogP contribution in [-0.4, -0.2) is 30.6 Å². The molecule has 1 aliphatic rings. The van der Waals surface area contributed by atoms with Crippen molar-refractivity contribution in [3.8, 4) is 0 Å². The summed E-state index contributed by atoms with van der Waals surface area (Å²) in [5.41, 5.74) is 5.52. The molecule has 0 bridgehead atoms. The van der Waals surface area contributed by atoms with Gasteiger partial charge in [0, 0.05) is 6.04 Å². The van der Waals surface area contributed by atoms with E-state index in [2.05, 4.69) is 11.8 Å². The quantitative estimate of drug-likeness (QED) is 0.687. The standard InChI is InChI=1S/C12H26N2/c1-2-12-8-4-3-6-10-14(12)11-7-5-9-13/h12H,2-11,13H2,1H3. The fraction of sp³-hybridized carbons (Fsp3) is 1.00. The van der Waals surface area contributed by atoms with Gasteiger partial charge in [0.1, 0.15) is 0 Å². The molecular weight excluding hydrogens is 172 g/mol. The van der Waals surface area contributed by atoms with Crippen molar-refractivity contribution in [3.05, 3.63) is 0 Å². The molecule has 1 rings (SSSR count). The third-order valence-electron chi connectivity index (χ3n) is 3.37. The van der Waals surface area contributed by atoms with Gasteiger partial charge in [0.05, 0.1) is 0 Å². The molecule has 1 heterocycles. The summed E-state index contributed by atoms with van der Waals surface area (Å²) in [7, 11) is 0. The predicted octanol–water partition coefficient (Wildman–Crippen LogP) is 2.38. The first-order valence-electron chi connectivity index (χ1n) is 6.32. The largest absolute Gasteiger partial charge is 0.330 e. The van der Waals surface area contributed by atoms with Gasteiger partial charge in [-0.3, -0.25) is 0 Å². The SMILES string of the molecule is CCC1CCCCCN1CCCCN. The highest BCUT2D eigenvalue weighted by atomic mass is 15.1. The average Bonchev–Trinajstić information content (AvgIpc) is 2.43. The smallest absolute Gasteiger partial charge is 0.00926 e. The minimum absolute atomic E-state index is 0.852. The number of hydrogen-bond acceptors (Lipinski definition) is 2. The van der Waals surface area contributed by atoms with E-state index in [-0.39, 0.29) is 0 Å². The van der Waals surface area contributed by atoms with Crippen molar-refractivity contribution in [1.82, 2.24) is 4.90 Å². The van der Waals surface area contributed by atoms with Gasteiger partial charge in [0.25, 0.3) is 0 Å². The number of likely N-dealkylation sites (tertiary alicyclic amines) is 1. The molecule has 0 amide bonds. The highest BCUT2D eigenvalue weighted by Gasteiger charge is 2.18. The van der Waals surface area contributed by atoms with Gasteiger partial charge in [-0.25, -0.2) is 0 Å². The third-order valence-corrected chi connectivity index (χ3v) is 3.37. The Labute approximate surface area is 88.8 Å². The van der Waals surface area contributed by atoms with E-state index < -0.39 is 0 Å². The number of unbranched alkanes of at least 4 members (excludes halogenated alkanes) is 1. The molecule has 1 unspecified atom stereocenters. The average molecular weight is 198 g/mol. The van der Waals surface area contributed by atoms with E-state index in [9.17, 15) is 0 Å². The van der Waals surface area contributed by atoms with Crippen LogP contribution in [0.2, 0.25) is 0 Å². The van der Waals surface area contributed by atoms with Crippen LogP contribution in [0.5, 0.6) is 0 Å². The molecule has 0 spiro atoms. The van der Waals surface area contributed by atoms with Crippen LogP contribution >= 0.6 is 0 Å². The lowest BCUT2D eigenvalue weighted by atomic mass is 10.1. The number of rotatable bonds is 5. The van der Waals surface area contributed by atoms with E-state index in [1.54, 1.807) is 0 Å². The Morgan fingerprint density at radius 2 is 2.07 bits per heavy atom. The molecule has 84 valence electrons. The molecule has 0 radical (unpaired) electrons. The summed E-state index contributed by atoms with van der Waals surface area (Å²) in [4.78, 5) is 2.70. The first-order valence-corrected chi connectivity index (χ1v) is 6.32. The van der Waals surface area contributed by atoms with Crippen LogP contribution in [0.1, 0.15) is 51.9 Å². The molecule has 2 heteroatoms. The van der Waals surface area contributed by atoms with Crippen molar-refractivity contribution in [2.45, 2.75) is 57.9 Å². The monoisotopic (exact) mass is 198 g/mol. The van der Waals surface area contributed by atoms with E-state index in [0.717, 1.165) is 12.6 Å². The molecule has 1 fully saturated rings. The van der Waals surface area contributed by atoms with E-state index in [1.165, 1.54) is 58.0 Å². The molecule has 0 aromatic carbocycles. The number of nitrogens with two attached hydrogens (primary N) is 1. The maximum Gasteiger partial charge on any atom is 0.00926 e. The third kappa shape index (κ3) is 3.97. The zero-order valence-electron chi connectivity index (χ0n) is 9.67. The Morgan fingerprint density at radius 1 is 1.21 bits per heavy atom. The lowest BCUT2D eigenvalue weighted by Gasteiger charge is -2.28. The maximum absolute atomic E-state index is 5.52. The summed E-state index contributed by atoms with van der Waals surface area (Å²) in [6.45, 7) is 5.77. The van der Waals surface area contributed by atoms with Crippen molar-refractivity contribution in [3.63, 3.8) is 0 Å². The summed E-state index contributed by atoms with van der Waals surface area (Å²) in [5, 5.41) is 0. The number of hydrogen-bond donors (Lipinski definition) is 1. The lowest BCUT2D eigenvalue weighted by Crippen LogP contribution is -2.35. The van der Waals surface area contributed by atoms with Gasteiger partial charge >= 0.3 is 0 Å². The Kier molecular flexibility index (Phi) is 6.20. The molecule has 1 atom stereocenters. The minimum Gasteiger partial charge on any atom is -0.330 e. The predicted molar refractivity (Wildman–Crippen MR) is 62.4 cm³/mol. The maximum atomic E-state index is 5.52. The summed E-state index contributed by atoms with van der Waals surface area (Å²) >= 11 is 0. The molecule has 0 aromatic rings. The molecule has 1 saturated heterocycles. The Morgan fingerprint density at radius 3 is 2.79 bits per heavy atom. The van der Waals surface area contributed by atoms with Crippen LogP contribution in [0.15, 0.2) is 0 Å². The van der Waals surface area contributed by atoms with Gasteiger partial charge in [-0.1, -0.05) is 19.8 Å². The van der Waals surface area contributed by atoms with Crippen molar-refractivity contribution in [2.24, 2.45) is 5.73 Å². The molecule has 1 aliphatic heterocycles. The van der Waals surface area contributed by atoms with Gasteiger partial charge in [-0.2, -0.15) is 0 Å². The van der Waals surface area contributed by atoms with E-state index >= 15 is 0 Å². The fourth-order valence-electron chi connectivity index (χ4n) is 2.45. The van der Waals surface area contributed by atoms with Crippen LogP contribution in [0.25, 0.3) is 0 Å². The zero-order valence-corrected chi connectivity index (χ0v) is 9.67. The van der Waals surface area contributed by atoms with Crippen LogP contribution in [0.4, 0.5) is 0 Å². The lowest BCUT2D eigenvalue weighted by molar-refractivity contribution is 0.191. The second-order valence-corrected chi connectivity index (χ2v) is 4.44.